The van der Waals surface area contributed by atoms with E-state index in [-0.39, 0.29) is 17.8 Å². The molecule has 1 aliphatic rings. The lowest BCUT2D eigenvalue weighted by Gasteiger charge is -2.36. The van der Waals surface area contributed by atoms with Gasteiger partial charge < -0.3 is 10.6 Å². The number of carbonyl (C=O) groups excluding carboxylic acids is 1. The largest absolute Gasteiger partial charge is 0.339 e. The van der Waals surface area contributed by atoms with Gasteiger partial charge in [0.25, 0.3) is 0 Å². The van der Waals surface area contributed by atoms with Gasteiger partial charge in [-0.3, -0.25) is 4.79 Å². The molecule has 0 unspecified atom stereocenters. The predicted molar refractivity (Wildman–Crippen MR) is 54.7 cm³/mol. The van der Waals surface area contributed by atoms with Gasteiger partial charge in [0.2, 0.25) is 5.91 Å². The molecule has 1 heterocycles. The predicted octanol–water partition coefficient (Wildman–Crippen LogP) is 0.538. The first kappa shape index (κ1) is 10.1. The maximum Gasteiger partial charge on any atom is 0.227 e. The van der Waals surface area contributed by atoms with Crippen molar-refractivity contribution in [2.45, 2.75) is 12.5 Å². The number of carbonyl (C=O) groups is 1. The SMILES string of the molecule is NC1CN(C(=O)Cc2ccc(F)cc2)C1. The number of halogens is 1. The van der Waals surface area contributed by atoms with Gasteiger partial charge in [-0.25, -0.2) is 4.39 Å². The standard InChI is InChI=1S/C11H13FN2O/c12-9-3-1-8(2-4-9)5-11(15)14-6-10(13)7-14/h1-4,10H,5-7,13H2. The number of benzene rings is 1. The molecule has 0 bridgehead atoms. The van der Waals surface area contributed by atoms with Crippen molar-refractivity contribution >= 4 is 5.91 Å². The van der Waals surface area contributed by atoms with Gasteiger partial charge in [-0.2, -0.15) is 0 Å². The van der Waals surface area contributed by atoms with Crippen LogP contribution in [0.2, 0.25) is 0 Å². The number of likely N-dealkylation sites (tertiary alicyclic amines) is 1. The van der Waals surface area contributed by atoms with Crippen LogP contribution in [0.5, 0.6) is 0 Å². The number of hydrogen-bond acceptors (Lipinski definition) is 2. The van der Waals surface area contributed by atoms with Crippen LogP contribution in [-0.2, 0) is 11.2 Å². The lowest BCUT2D eigenvalue weighted by molar-refractivity contribution is -0.134. The zero-order chi connectivity index (χ0) is 10.8. The third kappa shape index (κ3) is 2.33. The molecule has 1 aromatic rings. The lowest BCUT2D eigenvalue weighted by Crippen LogP contribution is -2.58. The summed E-state index contributed by atoms with van der Waals surface area (Å²) >= 11 is 0. The molecule has 1 saturated heterocycles. The fourth-order valence-electron chi connectivity index (χ4n) is 1.60. The Morgan fingerprint density at radius 3 is 2.53 bits per heavy atom. The summed E-state index contributed by atoms with van der Waals surface area (Å²) in [6.45, 7) is 1.28. The Morgan fingerprint density at radius 2 is 2.00 bits per heavy atom. The van der Waals surface area contributed by atoms with Gasteiger partial charge in [0.1, 0.15) is 5.82 Å². The number of rotatable bonds is 2. The Bertz CT molecular complexity index is 357. The molecule has 0 aliphatic carbocycles. The third-order valence-corrected chi connectivity index (χ3v) is 2.53. The molecule has 0 atom stereocenters. The van der Waals surface area contributed by atoms with Gasteiger partial charge in [-0.15, -0.1) is 0 Å². The van der Waals surface area contributed by atoms with E-state index < -0.39 is 0 Å². The Kier molecular flexibility index (Phi) is 2.68. The highest BCUT2D eigenvalue weighted by Crippen LogP contribution is 2.10. The Morgan fingerprint density at radius 1 is 1.40 bits per heavy atom. The van der Waals surface area contributed by atoms with E-state index in [0.29, 0.717) is 19.5 Å². The fourth-order valence-corrected chi connectivity index (χ4v) is 1.60. The second-order valence-electron chi connectivity index (χ2n) is 3.86. The van der Waals surface area contributed by atoms with E-state index in [0.717, 1.165) is 5.56 Å². The van der Waals surface area contributed by atoms with Crippen molar-refractivity contribution in [3.8, 4) is 0 Å². The topological polar surface area (TPSA) is 46.3 Å². The van der Waals surface area contributed by atoms with E-state index in [2.05, 4.69) is 0 Å². The van der Waals surface area contributed by atoms with Crippen molar-refractivity contribution in [2.75, 3.05) is 13.1 Å². The molecule has 3 nitrogen and oxygen atoms in total. The summed E-state index contributed by atoms with van der Waals surface area (Å²) in [6.07, 6.45) is 0.326. The second kappa shape index (κ2) is 3.98. The van der Waals surface area contributed by atoms with Gasteiger partial charge in [0, 0.05) is 19.1 Å². The zero-order valence-electron chi connectivity index (χ0n) is 8.32. The van der Waals surface area contributed by atoms with Crippen molar-refractivity contribution < 1.29 is 9.18 Å². The van der Waals surface area contributed by atoms with Crippen LogP contribution in [0.15, 0.2) is 24.3 Å². The summed E-state index contributed by atoms with van der Waals surface area (Å²) < 4.78 is 12.6. The smallest absolute Gasteiger partial charge is 0.227 e. The highest BCUT2D eigenvalue weighted by molar-refractivity contribution is 5.79. The average Bonchev–Trinajstić information content (AvgIpc) is 2.17. The molecule has 1 fully saturated rings. The number of hydrogen-bond donors (Lipinski definition) is 1. The highest BCUT2D eigenvalue weighted by Gasteiger charge is 2.27. The highest BCUT2D eigenvalue weighted by atomic mass is 19.1. The zero-order valence-corrected chi connectivity index (χ0v) is 8.32. The molecule has 80 valence electrons. The summed E-state index contributed by atoms with van der Waals surface area (Å²) in [4.78, 5) is 13.3. The van der Waals surface area contributed by atoms with Gasteiger partial charge in [0.15, 0.2) is 0 Å². The third-order valence-electron chi connectivity index (χ3n) is 2.53. The van der Waals surface area contributed by atoms with Gasteiger partial charge in [0.05, 0.1) is 6.42 Å². The molecule has 15 heavy (non-hydrogen) atoms. The van der Waals surface area contributed by atoms with Gasteiger partial charge in [-0.1, -0.05) is 12.1 Å². The first-order chi connectivity index (χ1) is 7.15. The normalized spacial score (nSPS) is 16.3. The first-order valence-electron chi connectivity index (χ1n) is 4.93. The van der Waals surface area contributed by atoms with E-state index in [4.69, 9.17) is 5.73 Å². The van der Waals surface area contributed by atoms with E-state index in [1.807, 2.05) is 0 Å². The minimum Gasteiger partial charge on any atom is -0.339 e. The Hall–Kier alpha value is -1.42. The molecule has 0 radical (unpaired) electrons. The van der Waals surface area contributed by atoms with Gasteiger partial charge in [-0.05, 0) is 17.7 Å². The lowest BCUT2D eigenvalue weighted by atomic mass is 10.1. The Balaban J connectivity index is 1.91. The van der Waals surface area contributed by atoms with E-state index in [1.165, 1.54) is 12.1 Å². The first-order valence-corrected chi connectivity index (χ1v) is 4.93. The Labute approximate surface area is 87.7 Å². The molecule has 1 aromatic carbocycles. The maximum absolute atomic E-state index is 12.6. The number of amides is 1. The maximum atomic E-state index is 12.6. The van der Waals surface area contributed by atoms with Crippen LogP contribution in [0.4, 0.5) is 4.39 Å². The number of nitrogens with zero attached hydrogens (tertiary/aromatic N) is 1. The second-order valence-corrected chi connectivity index (χ2v) is 3.86. The molecule has 4 heteroatoms. The van der Waals surface area contributed by atoms with E-state index in [9.17, 15) is 9.18 Å². The van der Waals surface area contributed by atoms with Crippen LogP contribution in [0.25, 0.3) is 0 Å². The van der Waals surface area contributed by atoms with Crippen molar-refractivity contribution in [3.05, 3.63) is 35.6 Å². The van der Waals surface area contributed by atoms with Crippen molar-refractivity contribution in [1.29, 1.82) is 0 Å². The molecule has 0 saturated carbocycles. The molecular formula is C11H13FN2O. The molecule has 0 aromatic heterocycles. The van der Waals surface area contributed by atoms with E-state index in [1.54, 1.807) is 17.0 Å². The van der Waals surface area contributed by atoms with Crippen LogP contribution in [0, 0.1) is 5.82 Å². The summed E-state index contributed by atoms with van der Waals surface area (Å²) in [5.74, 6) is -0.222. The van der Waals surface area contributed by atoms with Crippen molar-refractivity contribution in [3.63, 3.8) is 0 Å². The molecule has 1 amide bonds. The monoisotopic (exact) mass is 208 g/mol. The number of nitrogens with two attached hydrogens (primary N) is 1. The molecule has 2 N–H and O–H groups in total. The summed E-state index contributed by atoms with van der Waals surface area (Å²) in [5, 5.41) is 0. The minimum atomic E-state index is -0.280. The van der Waals surface area contributed by atoms with Crippen LogP contribution < -0.4 is 5.73 Å². The summed E-state index contributed by atoms with van der Waals surface area (Å²) in [7, 11) is 0. The van der Waals surface area contributed by atoms with Crippen LogP contribution in [0.1, 0.15) is 5.56 Å². The van der Waals surface area contributed by atoms with Crippen molar-refractivity contribution in [1.82, 2.24) is 4.90 Å². The van der Waals surface area contributed by atoms with Crippen LogP contribution >= 0.6 is 0 Å². The van der Waals surface area contributed by atoms with E-state index >= 15 is 0 Å². The average molecular weight is 208 g/mol. The quantitative estimate of drug-likeness (QED) is 0.771. The molecule has 1 aliphatic heterocycles. The van der Waals surface area contributed by atoms with Gasteiger partial charge >= 0.3 is 0 Å². The minimum absolute atomic E-state index is 0.0586. The van der Waals surface area contributed by atoms with Crippen LogP contribution in [-0.4, -0.2) is 29.9 Å². The molecule has 2 rings (SSSR count). The fraction of sp³-hybridized carbons (Fsp3) is 0.364. The molecule has 0 spiro atoms. The van der Waals surface area contributed by atoms with Crippen molar-refractivity contribution in [2.24, 2.45) is 5.73 Å². The summed E-state index contributed by atoms with van der Waals surface area (Å²) in [5.41, 5.74) is 6.41. The molecular weight excluding hydrogens is 195 g/mol. The van der Waals surface area contributed by atoms with Crippen LogP contribution in [0.3, 0.4) is 0 Å². The summed E-state index contributed by atoms with van der Waals surface area (Å²) in [6, 6.07) is 6.12.